The van der Waals surface area contributed by atoms with Crippen LogP contribution in [0.15, 0.2) is 113 Å². The first kappa shape index (κ1) is 83.5. The Bertz CT molecular complexity index is 3020. The third-order valence-corrected chi connectivity index (χ3v) is 20.7. The van der Waals surface area contributed by atoms with Crippen LogP contribution in [0.3, 0.4) is 0 Å². The summed E-state index contributed by atoms with van der Waals surface area (Å²) in [6, 6.07) is 29.9. The molecule has 15 heteroatoms. The number of H-pyrrole nitrogens is 1. The first-order chi connectivity index (χ1) is 49.3. The van der Waals surface area contributed by atoms with Gasteiger partial charge in [0.1, 0.15) is 46.5 Å². The molecule has 4 N–H and O–H groups in total. The van der Waals surface area contributed by atoms with Gasteiger partial charge in [-0.1, -0.05) is 312 Å². The van der Waals surface area contributed by atoms with Crippen LogP contribution in [0.4, 0.5) is 0 Å². The van der Waals surface area contributed by atoms with Gasteiger partial charge in [0.2, 0.25) is 5.91 Å². The van der Waals surface area contributed by atoms with Crippen LogP contribution in [0.25, 0.3) is 0 Å². The van der Waals surface area contributed by atoms with Crippen LogP contribution >= 0.6 is 0 Å². The number of hydrogen-bond donors (Lipinski definition) is 4. The van der Waals surface area contributed by atoms with Crippen LogP contribution in [-0.2, 0) is 31.2 Å². The summed E-state index contributed by atoms with van der Waals surface area (Å²) in [4.78, 5) is 56.6. The van der Waals surface area contributed by atoms with Crippen molar-refractivity contribution in [2.45, 2.75) is 321 Å². The van der Waals surface area contributed by atoms with Crippen molar-refractivity contribution >= 4 is 11.9 Å². The van der Waals surface area contributed by atoms with Crippen molar-refractivity contribution in [2.75, 3.05) is 34.0 Å². The second kappa shape index (κ2) is 49.3. The van der Waals surface area contributed by atoms with Crippen LogP contribution in [0.5, 0.6) is 23.0 Å². The maximum absolute atomic E-state index is 14.4. The largest absolute Gasteiger partial charge is 0.497 e. The number of aliphatic carboxylic acids is 1. The summed E-state index contributed by atoms with van der Waals surface area (Å²) in [5, 5.41) is 27.3. The van der Waals surface area contributed by atoms with E-state index >= 15 is 0 Å². The molecule has 1 aromatic heterocycles. The lowest BCUT2D eigenvalue weighted by atomic mass is 9.78. The van der Waals surface area contributed by atoms with E-state index in [-0.39, 0.29) is 12.1 Å². The highest BCUT2D eigenvalue weighted by Crippen LogP contribution is 2.47. The van der Waals surface area contributed by atoms with E-state index < -0.39 is 72.0 Å². The summed E-state index contributed by atoms with van der Waals surface area (Å²) >= 11 is 0. The molecule has 0 bridgehead atoms. The van der Waals surface area contributed by atoms with E-state index in [1.54, 1.807) is 14.2 Å². The lowest BCUT2D eigenvalue weighted by Crippen LogP contribution is -2.53. The Kier molecular flexibility index (Phi) is 40.8. The predicted molar refractivity (Wildman–Crippen MR) is 409 cm³/mol. The SMILES string of the molecule is CCCCCCCCCCCCCCCCCCCCCCOc1cc(CNC(=O)CC(C(=O)O)[C@]2(O)C[C@H](n3cc(C)c(=O)[nH]c3=O)O[C@@H]2COC(c2ccccc2)(c2ccc(OC)cc2)c2ccc(OC)cc2)cc(OCCCCCCCCCCCCCCCCCCCCCC)c1. The number of aromatic amines is 1. The van der Waals surface area contributed by atoms with Gasteiger partial charge in [0, 0.05) is 37.2 Å². The monoisotopic (exact) mass is 1400 g/mol. The number of aliphatic hydroxyl groups is 1. The number of amides is 1. The Morgan fingerprint density at radius 2 is 0.921 bits per heavy atom. The van der Waals surface area contributed by atoms with E-state index in [0.717, 1.165) is 30.3 Å². The molecule has 1 aliphatic rings. The number of rotatable bonds is 59. The number of carbonyl (C=O) groups excluding carboxylic acids is 1. The maximum atomic E-state index is 14.4. The molecule has 0 aliphatic carbocycles. The molecule has 0 radical (unpaired) electrons. The number of nitrogens with one attached hydrogen (secondary N) is 2. The molecule has 1 unspecified atom stereocenters. The molecule has 6 rings (SSSR count). The summed E-state index contributed by atoms with van der Waals surface area (Å²) in [5.74, 6) is -1.39. The number of aryl methyl sites for hydroxylation is 1. The lowest BCUT2D eigenvalue weighted by molar-refractivity contribution is -0.168. The number of benzene rings is 4. The minimum absolute atomic E-state index is 0.0246. The number of hydrogen-bond acceptors (Lipinski definition) is 11. The lowest BCUT2D eigenvalue weighted by Gasteiger charge is -2.39. The maximum Gasteiger partial charge on any atom is 0.330 e. The molecule has 101 heavy (non-hydrogen) atoms. The summed E-state index contributed by atoms with van der Waals surface area (Å²) < 4.78 is 38.8. The molecular formula is C86H131N3O12. The van der Waals surface area contributed by atoms with Gasteiger partial charge in [0.05, 0.1) is 40.0 Å². The fraction of sp³-hybridized carbons (Fsp3) is 0.651. The summed E-state index contributed by atoms with van der Waals surface area (Å²) in [5.41, 5.74) is -2.21. The Balaban J connectivity index is 1.06. The smallest absolute Gasteiger partial charge is 0.330 e. The van der Waals surface area contributed by atoms with Crippen molar-refractivity contribution in [1.29, 1.82) is 0 Å². The average molecular weight is 1400 g/mol. The van der Waals surface area contributed by atoms with Gasteiger partial charge in [-0.05, 0) is 78.4 Å². The zero-order valence-electron chi connectivity index (χ0n) is 63.0. The van der Waals surface area contributed by atoms with Gasteiger partial charge in [-0.2, -0.15) is 0 Å². The first-order valence-corrected chi connectivity index (χ1v) is 39.9. The second-order valence-corrected chi connectivity index (χ2v) is 28.9. The molecule has 562 valence electrons. The van der Waals surface area contributed by atoms with Gasteiger partial charge in [0.15, 0.2) is 0 Å². The molecule has 0 saturated carbocycles. The van der Waals surface area contributed by atoms with Gasteiger partial charge >= 0.3 is 11.7 Å². The number of carbonyl (C=O) groups is 2. The Hall–Kier alpha value is -6.42. The quantitative estimate of drug-likeness (QED) is 0.0213. The third-order valence-electron chi connectivity index (χ3n) is 20.7. The zero-order valence-corrected chi connectivity index (χ0v) is 63.0. The summed E-state index contributed by atoms with van der Waals surface area (Å²) in [6.45, 7) is 6.77. The van der Waals surface area contributed by atoms with Gasteiger partial charge in [0.25, 0.3) is 5.56 Å². The topological polar surface area (TPSA) is 197 Å². The molecule has 5 aromatic rings. The van der Waals surface area contributed by atoms with Crippen LogP contribution in [0.1, 0.15) is 318 Å². The number of nitrogens with zero attached hydrogens (tertiary/aromatic N) is 1. The van der Waals surface area contributed by atoms with Gasteiger partial charge in [-0.15, -0.1) is 0 Å². The Labute approximate surface area is 607 Å². The van der Waals surface area contributed by atoms with Gasteiger partial charge < -0.3 is 44.0 Å². The fourth-order valence-electron chi connectivity index (χ4n) is 14.5. The predicted octanol–water partition coefficient (Wildman–Crippen LogP) is 20.7. The first-order valence-electron chi connectivity index (χ1n) is 39.9. The highest BCUT2D eigenvalue weighted by atomic mass is 16.6. The van der Waals surface area contributed by atoms with Crippen molar-refractivity contribution in [3.8, 4) is 23.0 Å². The van der Waals surface area contributed by atoms with Crippen molar-refractivity contribution in [3.63, 3.8) is 0 Å². The molecule has 2 heterocycles. The summed E-state index contributed by atoms with van der Waals surface area (Å²) in [7, 11) is 3.16. The van der Waals surface area contributed by atoms with Crippen molar-refractivity contribution < 1.29 is 48.2 Å². The van der Waals surface area contributed by atoms with Crippen molar-refractivity contribution in [2.24, 2.45) is 5.92 Å². The molecule has 1 amide bonds. The van der Waals surface area contributed by atoms with Crippen LogP contribution in [0, 0.1) is 12.8 Å². The highest BCUT2D eigenvalue weighted by Gasteiger charge is 2.57. The number of aromatic nitrogens is 2. The molecule has 0 spiro atoms. The molecule has 15 nitrogen and oxygen atoms in total. The highest BCUT2D eigenvalue weighted by molar-refractivity contribution is 5.83. The normalized spacial score (nSPS) is 15.6. The van der Waals surface area contributed by atoms with E-state index in [1.165, 1.54) is 244 Å². The molecule has 4 atom stereocenters. The van der Waals surface area contributed by atoms with Crippen molar-refractivity contribution in [3.05, 3.63) is 152 Å². The zero-order chi connectivity index (χ0) is 72.0. The van der Waals surface area contributed by atoms with Crippen LogP contribution in [-0.4, -0.2) is 77.4 Å². The van der Waals surface area contributed by atoms with E-state index in [9.17, 15) is 29.4 Å². The van der Waals surface area contributed by atoms with E-state index in [1.807, 2.05) is 97.1 Å². The molecular weight excluding hydrogens is 1270 g/mol. The standard InChI is InChI=1S/C86H131N3O12/c1-6-8-10-12-14-16-18-20-22-24-26-28-30-32-34-36-38-40-42-47-59-98-76-61-70(62-77(63-76)99-60-48-43-41-39-37-35-33-31-29-27-25-23-21-19-17-15-13-11-9-7-2)66-87-80(90)64-78(83(92)93)85(95)65-81(89-67-69(3)82(91)88-84(89)94)101-79(85)68-100-86(71-49-45-44-46-50-71,72-51-55-74(96-4)56-52-72)73-53-57-75(97-5)58-54-73/h44-46,49-58,61-63,67,78-79,81,95H,6-43,47-48,59-60,64-66,68H2,1-5H3,(H,87,90)(H,92,93)(H,88,91,94)/t78?,79-,81-,85-/m1/s1. The Morgan fingerprint density at radius 3 is 1.30 bits per heavy atom. The van der Waals surface area contributed by atoms with Gasteiger partial charge in [-0.25, -0.2) is 4.79 Å². The molecule has 4 aromatic carbocycles. The summed E-state index contributed by atoms with van der Waals surface area (Å²) in [6.07, 6.45) is 50.1. The van der Waals surface area contributed by atoms with E-state index in [2.05, 4.69) is 24.1 Å². The second-order valence-electron chi connectivity index (χ2n) is 28.9. The number of ether oxygens (including phenoxy) is 6. The van der Waals surface area contributed by atoms with E-state index in [0.29, 0.717) is 58.5 Å². The number of methoxy groups -OCH3 is 2. The average Bonchev–Trinajstić information content (AvgIpc) is 1.71. The van der Waals surface area contributed by atoms with Crippen LogP contribution < -0.4 is 35.5 Å². The minimum atomic E-state index is -2.33. The van der Waals surface area contributed by atoms with E-state index in [4.69, 9.17) is 28.4 Å². The van der Waals surface area contributed by atoms with Gasteiger partial charge in [-0.3, -0.25) is 23.9 Å². The number of carboxylic acids is 1. The Morgan fingerprint density at radius 1 is 0.545 bits per heavy atom. The molecule has 1 saturated heterocycles. The van der Waals surface area contributed by atoms with Crippen LogP contribution in [0.2, 0.25) is 0 Å². The fourth-order valence-corrected chi connectivity index (χ4v) is 14.5. The minimum Gasteiger partial charge on any atom is -0.497 e. The third kappa shape index (κ3) is 30.1. The number of carboxylic acid groups (broad SMARTS) is 1. The van der Waals surface area contributed by atoms with Crippen molar-refractivity contribution in [1.82, 2.24) is 14.9 Å². The molecule has 1 aliphatic heterocycles. The molecule has 1 fully saturated rings. The number of unbranched alkanes of at least 4 members (excludes halogenated alkanes) is 38.